The van der Waals surface area contributed by atoms with Crippen molar-refractivity contribution in [2.75, 3.05) is 18.0 Å². The molecule has 0 unspecified atom stereocenters. The molecule has 1 saturated heterocycles. The Morgan fingerprint density at radius 1 is 0.944 bits per heavy atom. The molecule has 2 aliphatic rings. The number of amidine groups is 1. The fourth-order valence-electron chi connectivity index (χ4n) is 4.43. The molecule has 180 valence electrons. The number of carbonyl (C=O) groups is 1. The number of aromatic nitrogens is 1. The summed E-state index contributed by atoms with van der Waals surface area (Å²) < 4.78 is 1.15. The van der Waals surface area contributed by atoms with Gasteiger partial charge in [-0.3, -0.25) is 9.69 Å². The molecule has 8 heteroatoms. The third-order valence-corrected chi connectivity index (χ3v) is 9.48. The number of thiazole rings is 1. The summed E-state index contributed by atoms with van der Waals surface area (Å²) in [5.74, 6) is 0.0222. The van der Waals surface area contributed by atoms with Crippen LogP contribution in [-0.4, -0.2) is 34.0 Å². The van der Waals surface area contributed by atoms with E-state index < -0.39 is 0 Å². The van der Waals surface area contributed by atoms with Crippen molar-refractivity contribution in [1.29, 1.82) is 0 Å². The lowest BCUT2D eigenvalue weighted by molar-refractivity contribution is -0.122. The molecule has 2 aliphatic heterocycles. The highest BCUT2D eigenvalue weighted by Gasteiger charge is 2.39. The van der Waals surface area contributed by atoms with Gasteiger partial charge in [0.2, 0.25) is 0 Å². The zero-order chi connectivity index (χ0) is 24.6. The SMILES string of the molecule is CCN1/C(=C2/SC(=Nc3ccc4sc(C)nc4c3)N(CCc3ccccc3)C2=O)Sc2ccccc21. The van der Waals surface area contributed by atoms with Crippen molar-refractivity contribution in [2.24, 2.45) is 4.99 Å². The summed E-state index contributed by atoms with van der Waals surface area (Å²) in [6.07, 6.45) is 0.768. The van der Waals surface area contributed by atoms with Gasteiger partial charge in [-0.25, -0.2) is 9.98 Å². The molecule has 0 N–H and O–H groups in total. The number of carbonyl (C=O) groups excluding carboxylic acids is 1. The van der Waals surface area contributed by atoms with Gasteiger partial charge in [0.15, 0.2) is 5.17 Å². The number of thioether (sulfide) groups is 2. The number of fused-ring (bicyclic) bond motifs is 2. The summed E-state index contributed by atoms with van der Waals surface area (Å²) in [6.45, 7) is 5.52. The minimum atomic E-state index is 0.0222. The van der Waals surface area contributed by atoms with E-state index in [0.717, 1.165) is 54.7 Å². The smallest absolute Gasteiger partial charge is 0.269 e. The summed E-state index contributed by atoms with van der Waals surface area (Å²) >= 11 is 4.83. The van der Waals surface area contributed by atoms with E-state index in [1.54, 1.807) is 23.1 Å². The average molecular weight is 529 g/mol. The predicted molar refractivity (Wildman–Crippen MR) is 153 cm³/mol. The van der Waals surface area contributed by atoms with Crippen molar-refractivity contribution in [3.05, 3.63) is 93.3 Å². The van der Waals surface area contributed by atoms with E-state index in [1.165, 1.54) is 22.2 Å². The average Bonchev–Trinajstić information content (AvgIpc) is 3.55. The first-order valence-electron chi connectivity index (χ1n) is 11.9. The highest BCUT2D eigenvalue weighted by Crippen LogP contribution is 2.50. The summed E-state index contributed by atoms with van der Waals surface area (Å²) in [6, 6.07) is 24.7. The van der Waals surface area contributed by atoms with Crippen LogP contribution in [0.4, 0.5) is 11.4 Å². The third kappa shape index (κ3) is 4.34. The third-order valence-electron chi connectivity index (χ3n) is 6.15. The van der Waals surface area contributed by atoms with E-state index >= 15 is 0 Å². The number of para-hydroxylation sites is 1. The zero-order valence-corrected chi connectivity index (χ0v) is 22.4. The maximum Gasteiger partial charge on any atom is 0.269 e. The number of aryl methyl sites for hydroxylation is 1. The van der Waals surface area contributed by atoms with Crippen LogP contribution in [-0.2, 0) is 11.2 Å². The lowest BCUT2D eigenvalue weighted by Crippen LogP contribution is -2.32. The molecule has 0 spiro atoms. The minimum absolute atomic E-state index is 0.0222. The molecule has 1 aromatic heterocycles. The minimum Gasteiger partial charge on any atom is -0.334 e. The normalized spacial score (nSPS) is 18.6. The first-order valence-corrected chi connectivity index (χ1v) is 14.3. The van der Waals surface area contributed by atoms with Crippen molar-refractivity contribution < 1.29 is 4.79 Å². The Bertz CT molecular complexity index is 1530. The van der Waals surface area contributed by atoms with Crippen molar-refractivity contribution in [3.63, 3.8) is 0 Å². The second-order valence-electron chi connectivity index (χ2n) is 8.52. The van der Waals surface area contributed by atoms with E-state index in [0.29, 0.717) is 6.54 Å². The van der Waals surface area contributed by atoms with Crippen molar-refractivity contribution >= 4 is 67.5 Å². The highest BCUT2D eigenvalue weighted by molar-refractivity contribution is 8.19. The second kappa shape index (κ2) is 9.76. The Morgan fingerprint density at radius 3 is 2.58 bits per heavy atom. The van der Waals surface area contributed by atoms with Gasteiger partial charge in [0.05, 0.1) is 26.6 Å². The summed E-state index contributed by atoms with van der Waals surface area (Å²) in [4.78, 5) is 29.5. The van der Waals surface area contributed by atoms with Gasteiger partial charge in [0.25, 0.3) is 5.91 Å². The molecule has 3 heterocycles. The summed E-state index contributed by atoms with van der Waals surface area (Å²) in [7, 11) is 0. The van der Waals surface area contributed by atoms with Gasteiger partial charge in [0, 0.05) is 18.0 Å². The first kappa shape index (κ1) is 23.3. The molecule has 36 heavy (non-hydrogen) atoms. The molecule has 5 nitrogen and oxygen atoms in total. The van der Waals surface area contributed by atoms with Gasteiger partial charge in [-0.05, 0) is 67.9 Å². The van der Waals surface area contributed by atoms with Crippen LogP contribution in [0.2, 0.25) is 0 Å². The van der Waals surface area contributed by atoms with Crippen LogP contribution in [0.3, 0.4) is 0 Å². The van der Waals surface area contributed by atoms with Crippen LogP contribution in [0.25, 0.3) is 10.2 Å². The topological polar surface area (TPSA) is 48.8 Å². The van der Waals surface area contributed by atoms with Crippen LogP contribution in [0, 0.1) is 6.92 Å². The molecular weight excluding hydrogens is 505 g/mol. The number of benzene rings is 3. The quantitative estimate of drug-likeness (QED) is 0.256. The maximum absolute atomic E-state index is 13.9. The van der Waals surface area contributed by atoms with E-state index in [1.807, 2.05) is 48.2 Å². The molecule has 0 aliphatic carbocycles. The van der Waals surface area contributed by atoms with E-state index in [4.69, 9.17) is 4.99 Å². The van der Waals surface area contributed by atoms with Crippen LogP contribution in [0.5, 0.6) is 0 Å². The lowest BCUT2D eigenvalue weighted by atomic mass is 10.1. The Hall–Kier alpha value is -3.07. The number of hydrogen-bond donors (Lipinski definition) is 0. The van der Waals surface area contributed by atoms with Crippen molar-refractivity contribution in [1.82, 2.24) is 9.88 Å². The first-order chi connectivity index (χ1) is 17.6. The number of aliphatic imine (C=N–C) groups is 1. The lowest BCUT2D eigenvalue weighted by Gasteiger charge is -2.19. The highest BCUT2D eigenvalue weighted by atomic mass is 32.2. The Morgan fingerprint density at radius 2 is 1.75 bits per heavy atom. The molecule has 6 rings (SSSR count). The van der Waals surface area contributed by atoms with Gasteiger partial charge < -0.3 is 4.90 Å². The Balaban J connectivity index is 1.39. The molecule has 0 bridgehead atoms. The van der Waals surface area contributed by atoms with Crippen LogP contribution < -0.4 is 4.90 Å². The second-order valence-corrected chi connectivity index (χ2v) is 11.8. The molecular formula is C28H24N4OS3. The molecule has 1 fully saturated rings. The van der Waals surface area contributed by atoms with Crippen LogP contribution in [0.1, 0.15) is 17.5 Å². The molecule has 4 aromatic rings. The fourth-order valence-corrected chi connectivity index (χ4v) is 7.66. The maximum atomic E-state index is 13.9. The van der Waals surface area contributed by atoms with Gasteiger partial charge >= 0.3 is 0 Å². The molecule has 0 radical (unpaired) electrons. The van der Waals surface area contributed by atoms with E-state index in [-0.39, 0.29) is 5.91 Å². The molecule has 3 aromatic carbocycles. The predicted octanol–water partition coefficient (Wildman–Crippen LogP) is 7.21. The monoisotopic (exact) mass is 528 g/mol. The largest absolute Gasteiger partial charge is 0.334 e. The molecule has 0 atom stereocenters. The van der Waals surface area contributed by atoms with Gasteiger partial charge in [0.1, 0.15) is 9.93 Å². The van der Waals surface area contributed by atoms with E-state index in [2.05, 4.69) is 53.2 Å². The summed E-state index contributed by atoms with van der Waals surface area (Å²) in [5, 5.41) is 2.75. The van der Waals surface area contributed by atoms with E-state index in [9.17, 15) is 4.79 Å². The number of rotatable bonds is 5. The van der Waals surface area contributed by atoms with Crippen LogP contribution in [0.15, 0.2) is 92.6 Å². The fraction of sp³-hybridized carbons (Fsp3) is 0.179. The molecule has 0 saturated carbocycles. The Labute approximate surface area is 222 Å². The number of hydrogen-bond acceptors (Lipinski definition) is 7. The van der Waals surface area contributed by atoms with Gasteiger partial charge in [-0.15, -0.1) is 11.3 Å². The van der Waals surface area contributed by atoms with Gasteiger partial charge in [-0.2, -0.15) is 0 Å². The number of anilines is 1. The zero-order valence-electron chi connectivity index (χ0n) is 20.0. The molecule has 1 amide bonds. The number of nitrogens with zero attached hydrogens (tertiary/aromatic N) is 4. The number of amides is 1. The Kier molecular flexibility index (Phi) is 6.33. The van der Waals surface area contributed by atoms with Crippen molar-refractivity contribution in [2.45, 2.75) is 25.2 Å². The van der Waals surface area contributed by atoms with Crippen molar-refractivity contribution in [3.8, 4) is 0 Å². The van der Waals surface area contributed by atoms with Gasteiger partial charge in [-0.1, -0.05) is 54.2 Å². The summed E-state index contributed by atoms with van der Waals surface area (Å²) in [5.41, 5.74) is 4.12. The standard InChI is InChI=1S/C28H24N4OS3/c1-3-31-22-11-7-8-12-24(22)35-27(31)25-26(33)32(16-15-19-9-5-4-6-10-19)28(36-25)30-20-13-14-23-21(17-20)29-18(2)34-23/h4-14,17H,3,15-16H2,1-2H3/b27-25-,30-28?. The van der Waals surface area contributed by atoms with Crippen LogP contribution >= 0.6 is 34.9 Å².